The minimum atomic E-state index is 0.639. The fourth-order valence-electron chi connectivity index (χ4n) is 1.45. The maximum atomic E-state index is 6.15. The summed E-state index contributed by atoms with van der Waals surface area (Å²) >= 11 is 13.5. The Morgan fingerprint density at radius 2 is 2.18 bits per heavy atom. The van der Waals surface area contributed by atoms with Crippen molar-refractivity contribution in [2.45, 2.75) is 13.5 Å². The van der Waals surface area contributed by atoms with Gasteiger partial charge < -0.3 is 5.32 Å². The van der Waals surface area contributed by atoms with E-state index in [4.69, 9.17) is 23.2 Å². The maximum absolute atomic E-state index is 6.15. The SMILES string of the molecule is CCNCc1snnc1-c1cc(Cl)ccc1Cl. The molecule has 0 amide bonds. The first-order valence-corrected chi connectivity index (χ1v) is 6.72. The fraction of sp³-hybridized carbons (Fsp3) is 0.273. The van der Waals surface area contributed by atoms with Gasteiger partial charge in [-0.05, 0) is 36.3 Å². The topological polar surface area (TPSA) is 37.8 Å². The summed E-state index contributed by atoms with van der Waals surface area (Å²) in [5, 5.41) is 8.66. The smallest absolute Gasteiger partial charge is 0.111 e. The second-order valence-corrected chi connectivity index (χ2v) is 5.13. The quantitative estimate of drug-likeness (QED) is 0.933. The predicted molar refractivity (Wildman–Crippen MR) is 72.7 cm³/mol. The molecule has 0 aliphatic rings. The Bertz CT molecular complexity index is 513. The van der Waals surface area contributed by atoms with Crippen molar-refractivity contribution in [1.82, 2.24) is 14.9 Å². The molecule has 2 aromatic rings. The standard InChI is InChI=1S/C11H11Cl2N3S/c1-2-14-6-10-11(15-16-17-10)8-5-7(12)3-4-9(8)13/h3-5,14H,2,6H2,1H3. The molecule has 0 saturated heterocycles. The van der Waals surface area contributed by atoms with Crippen molar-refractivity contribution in [3.63, 3.8) is 0 Å². The minimum absolute atomic E-state index is 0.639. The van der Waals surface area contributed by atoms with E-state index in [1.54, 1.807) is 12.1 Å². The Morgan fingerprint density at radius 1 is 1.35 bits per heavy atom. The summed E-state index contributed by atoms with van der Waals surface area (Å²) in [6.07, 6.45) is 0. The number of benzene rings is 1. The lowest BCUT2D eigenvalue weighted by Crippen LogP contribution is -2.11. The van der Waals surface area contributed by atoms with E-state index in [0.29, 0.717) is 10.0 Å². The Hall–Kier alpha value is -0.680. The minimum Gasteiger partial charge on any atom is -0.312 e. The highest BCUT2D eigenvalue weighted by molar-refractivity contribution is 7.06. The van der Waals surface area contributed by atoms with E-state index in [0.717, 1.165) is 29.2 Å². The number of nitrogens with one attached hydrogen (secondary N) is 1. The second kappa shape index (κ2) is 5.78. The van der Waals surface area contributed by atoms with E-state index in [-0.39, 0.29) is 0 Å². The molecule has 17 heavy (non-hydrogen) atoms. The van der Waals surface area contributed by atoms with Crippen molar-refractivity contribution in [1.29, 1.82) is 0 Å². The highest BCUT2D eigenvalue weighted by Crippen LogP contribution is 2.32. The van der Waals surface area contributed by atoms with Crippen LogP contribution in [-0.2, 0) is 6.54 Å². The molecule has 0 fully saturated rings. The number of nitrogens with zero attached hydrogens (tertiary/aromatic N) is 2. The molecule has 0 unspecified atom stereocenters. The zero-order valence-electron chi connectivity index (χ0n) is 9.20. The summed E-state index contributed by atoms with van der Waals surface area (Å²) in [7, 11) is 0. The van der Waals surface area contributed by atoms with Crippen molar-refractivity contribution in [3.8, 4) is 11.3 Å². The molecule has 0 aliphatic heterocycles. The van der Waals surface area contributed by atoms with Crippen LogP contribution in [0, 0.1) is 0 Å². The van der Waals surface area contributed by atoms with Crippen LogP contribution in [0.3, 0.4) is 0 Å². The van der Waals surface area contributed by atoms with Crippen LogP contribution in [-0.4, -0.2) is 16.1 Å². The number of rotatable bonds is 4. The number of hydrogen-bond acceptors (Lipinski definition) is 4. The van der Waals surface area contributed by atoms with Gasteiger partial charge in [-0.25, -0.2) is 0 Å². The molecule has 3 nitrogen and oxygen atoms in total. The number of aromatic nitrogens is 2. The van der Waals surface area contributed by atoms with E-state index in [9.17, 15) is 0 Å². The lowest BCUT2D eigenvalue weighted by Gasteiger charge is -2.04. The molecule has 0 aliphatic carbocycles. The first-order chi connectivity index (χ1) is 8.22. The van der Waals surface area contributed by atoms with Crippen LogP contribution in [0.2, 0.25) is 10.0 Å². The van der Waals surface area contributed by atoms with Gasteiger partial charge in [0.15, 0.2) is 0 Å². The Kier molecular flexibility index (Phi) is 4.34. The van der Waals surface area contributed by atoms with Crippen LogP contribution >= 0.6 is 34.7 Å². The zero-order chi connectivity index (χ0) is 12.3. The molecule has 1 aromatic carbocycles. The molecule has 1 heterocycles. The average molecular weight is 288 g/mol. The van der Waals surface area contributed by atoms with Crippen molar-refractivity contribution in [2.75, 3.05) is 6.54 Å². The summed E-state index contributed by atoms with van der Waals surface area (Å²) in [6, 6.07) is 5.35. The van der Waals surface area contributed by atoms with Crippen LogP contribution in [0.25, 0.3) is 11.3 Å². The number of hydrogen-bond donors (Lipinski definition) is 1. The van der Waals surface area contributed by atoms with Crippen molar-refractivity contribution >= 4 is 34.7 Å². The van der Waals surface area contributed by atoms with Crippen LogP contribution in [0.4, 0.5) is 0 Å². The molecule has 2 rings (SSSR count). The fourth-order valence-corrected chi connectivity index (χ4v) is 2.45. The van der Waals surface area contributed by atoms with Crippen molar-refractivity contribution < 1.29 is 0 Å². The first kappa shape index (κ1) is 12.8. The monoisotopic (exact) mass is 287 g/mol. The largest absolute Gasteiger partial charge is 0.312 e. The summed E-state index contributed by atoms with van der Waals surface area (Å²) in [4.78, 5) is 1.07. The van der Waals surface area contributed by atoms with Gasteiger partial charge in [-0.1, -0.05) is 34.6 Å². The highest BCUT2D eigenvalue weighted by Gasteiger charge is 2.13. The third kappa shape index (κ3) is 2.96. The molecular weight excluding hydrogens is 277 g/mol. The summed E-state index contributed by atoms with van der Waals surface area (Å²) in [6.45, 7) is 3.70. The third-order valence-corrected chi connectivity index (χ3v) is 3.56. The summed E-state index contributed by atoms with van der Waals surface area (Å²) in [5.41, 5.74) is 1.64. The van der Waals surface area contributed by atoms with Gasteiger partial charge in [-0.15, -0.1) is 5.10 Å². The van der Waals surface area contributed by atoms with E-state index in [2.05, 4.69) is 21.8 Å². The summed E-state index contributed by atoms with van der Waals surface area (Å²) < 4.78 is 3.97. The third-order valence-electron chi connectivity index (χ3n) is 2.28. The number of halogens is 2. The highest BCUT2D eigenvalue weighted by atomic mass is 35.5. The lowest BCUT2D eigenvalue weighted by atomic mass is 10.1. The molecule has 0 spiro atoms. The van der Waals surface area contributed by atoms with Crippen LogP contribution in [0.1, 0.15) is 11.8 Å². The molecule has 0 radical (unpaired) electrons. The second-order valence-electron chi connectivity index (χ2n) is 3.45. The molecule has 0 saturated carbocycles. The molecule has 0 atom stereocenters. The Balaban J connectivity index is 2.38. The molecule has 1 aromatic heterocycles. The zero-order valence-corrected chi connectivity index (χ0v) is 11.5. The Labute approximate surface area is 114 Å². The maximum Gasteiger partial charge on any atom is 0.111 e. The lowest BCUT2D eigenvalue weighted by molar-refractivity contribution is 0.735. The van der Waals surface area contributed by atoms with E-state index in [1.807, 2.05) is 6.07 Å². The van der Waals surface area contributed by atoms with Crippen LogP contribution < -0.4 is 5.32 Å². The van der Waals surface area contributed by atoms with Gasteiger partial charge in [0, 0.05) is 17.1 Å². The normalized spacial score (nSPS) is 10.8. The molecule has 0 bridgehead atoms. The van der Waals surface area contributed by atoms with E-state index < -0.39 is 0 Å². The molecule has 1 N–H and O–H groups in total. The van der Waals surface area contributed by atoms with Gasteiger partial charge in [0.25, 0.3) is 0 Å². The van der Waals surface area contributed by atoms with Gasteiger partial charge in [0.05, 0.1) is 9.90 Å². The van der Waals surface area contributed by atoms with Gasteiger partial charge in [-0.2, -0.15) is 0 Å². The van der Waals surface area contributed by atoms with Gasteiger partial charge in [0.2, 0.25) is 0 Å². The average Bonchev–Trinajstić information content (AvgIpc) is 2.77. The van der Waals surface area contributed by atoms with Gasteiger partial charge in [0.1, 0.15) is 5.69 Å². The van der Waals surface area contributed by atoms with Crippen molar-refractivity contribution in [3.05, 3.63) is 33.1 Å². The van der Waals surface area contributed by atoms with Gasteiger partial charge in [-0.3, -0.25) is 0 Å². The van der Waals surface area contributed by atoms with E-state index in [1.165, 1.54) is 11.5 Å². The predicted octanol–water partition coefficient (Wildman–Crippen LogP) is 3.62. The van der Waals surface area contributed by atoms with Crippen LogP contribution in [0.5, 0.6) is 0 Å². The van der Waals surface area contributed by atoms with E-state index >= 15 is 0 Å². The van der Waals surface area contributed by atoms with Crippen molar-refractivity contribution in [2.24, 2.45) is 0 Å². The molecule has 90 valence electrons. The Morgan fingerprint density at radius 3 is 2.94 bits per heavy atom. The molecular formula is C11H11Cl2N3S. The van der Waals surface area contributed by atoms with Crippen LogP contribution in [0.15, 0.2) is 18.2 Å². The van der Waals surface area contributed by atoms with Gasteiger partial charge >= 0.3 is 0 Å². The first-order valence-electron chi connectivity index (χ1n) is 5.19. The summed E-state index contributed by atoms with van der Waals surface area (Å²) in [5.74, 6) is 0. The molecule has 6 heteroatoms.